The molecule has 0 saturated heterocycles. The lowest BCUT2D eigenvalue weighted by Crippen LogP contribution is -2.22. The number of benzene rings is 1. The van der Waals surface area contributed by atoms with E-state index in [2.05, 4.69) is 4.98 Å². The smallest absolute Gasteiger partial charge is 0.354 e. The van der Waals surface area contributed by atoms with Gasteiger partial charge in [0.1, 0.15) is 5.69 Å². The van der Waals surface area contributed by atoms with Gasteiger partial charge in [0, 0.05) is 10.9 Å². The summed E-state index contributed by atoms with van der Waals surface area (Å²) in [5.74, 6) is -1.79. The minimum Gasteiger partial charge on any atom is -0.545 e. The van der Waals surface area contributed by atoms with Crippen LogP contribution >= 0.6 is 0 Å². The van der Waals surface area contributed by atoms with Crippen LogP contribution in [-0.4, -0.2) is 23.5 Å². The number of esters is 1. The number of carboxylic acid groups (broad SMARTS) is 1. The quantitative estimate of drug-likeness (QED) is 0.790. The second kappa shape index (κ2) is 4.29. The molecule has 1 aromatic carbocycles. The molecule has 5 heteroatoms. The summed E-state index contributed by atoms with van der Waals surface area (Å²) in [4.78, 5) is 25.1. The molecule has 0 aliphatic carbocycles. The number of H-pyrrole nitrogens is 1. The minimum atomic E-state index is -1.28. The zero-order valence-corrected chi connectivity index (χ0v) is 9.15. The largest absolute Gasteiger partial charge is 0.545 e. The van der Waals surface area contributed by atoms with E-state index in [0.29, 0.717) is 10.9 Å². The molecule has 0 unspecified atom stereocenters. The second-order valence-corrected chi connectivity index (χ2v) is 3.46. The molecule has 0 atom stereocenters. The number of hydrogen-bond donors (Lipinski definition) is 1. The Morgan fingerprint density at radius 1 is 1.41 bits per heavy atom. The SMILES string of the molecule is CCOC(=O)c1cc2cccc(C(=O)[O-])c2[nH]1. The van der Waals surface area contributed by atoms with Gasteiger partial charge in [-0.2, -0.15) is 0 Å². The first kappa shape index (κ1) is 11.2. The highest BCUT2D eigenvalue weighted by Crippen LogP contribution is 2.19. The number of para-hydroxylation sites is 1. The van der Waals surface area contributed by atoms with Crippen molar-refractivity contribution in [3.8, 4) is 0 Å². The molecule has 2 rings (SSSR count). The number of carbonyl (C=O) groups excluding carboxylic acids is 2. The van der Waals surface area contributed by atoms with Crippen LogP contribution in [0.4, 0.5) is 0 Å². The number of aromatic amines is 1. The zero-order valence-electron chi connectivity index (χ0n) is 9.15. The van der Waals surface area contributed by atoms with Crippen LogP contribution in [-0.2, 0) is 4.74 Å². The highest BCUT2D eigenvalue weighted by atomic mass is 16.5. The van der Waals surface area contributed by atoms with Gasteiger partial charge in [-0.15, -0.1) is 0 Å². The predicted molar refractivity (Wildman–Crippen MR) is 58.6 cm³/mol. The van der Waals surface area contributed by atoms with E-state index >= 15 is 0 Å². The van der Waals surface area contributed by atoms with E-state index in [1.54, 1.807) is 25.1 Å². The maximum Gasteiger partial charge on any atom is 0.354 e. The molecule has 88 valence electrons. The Bertz CT molecular complexity index is 585. The molecule has 1 N–H and O–H groups in total. The van der Waals surface area contributed by atoms with Gasteiger partial charge in [0.15, 0.2) is 0 Å². The average Bonchev–Trinajstić information content (AvgIpc) is 2.72. The summed E-state index contributed by atoms with van der Waals surface area (Å²) < 4.78 is 4.82. The maximum absolute atomic E-state index is 11.5. The van der Waals surface area contributed by atoms with Crippen LogP contribution in [0.5, 0.6) is 0 Å². The van der Waals surface area contributed by atoms with Crippen LogP contribution in [0.15, 0.2) is 24.3 Å². The monoisotopic (exact) mass is 232 g/mol. The van der Waals surface area contributed by atoms with Crippen molar-refractivity contribution in [1.82, 2.24) is 4.98 Å². The molecular weight excluding hydrogens is 222 g/mol. The van der Waals surface area contributed by atoms with E-state index in [0.717, 1.165) is 0 Å². The van der Waals surface area contributed by atoms with Crippen LogP contribution in [0.1, 0.15) is 27.8 Å². The molecule has 1 aromatic heterocycles. The van der Waals surface area contributed by atoms with E-state index in [1.807, 2.05) is 0 Å². The third-order valence-corrected chi connectivity index (χ3v) is 2.37. The summed E-state index contributed by atoms with van der Waals surface area (Å²) in [7, 11) is 0. The lowest BCUT2D eigenvalue weighted by molar-refractivity contribution is -0.254. The topological polar surface area (TPSA) is 82.2 Å². The Balaban J connectivity index is 2.54. The van der Waals surface area contributed by atoms with Crippen LogP contribution in [0.25, 0.3) is 10.9 Å². The van der Waals surface area contributed by atoms with Gasteiger partial charge in [-0.1, -0.05) is 18.2 Å². The lowest BCUT2D eigenvalue weighted by atomic mass is 10.1. The van der Waals surface area contributed by atoms with Crippen molar-refractivity contribution in [2.75, 3.05) is 6.61 Å². The van der Waals surface area contributed by atoms with Crippen molar-refractivity contribution in [3.05, 3.63) is 35.5 Å². The number of rotatable bonds is 3. The van der Waals surface area contributed by atoms with Gasteiger partial charge >= 0.3 is 5.97 Å². The first-order chi connectivity index (χ1) is 8.13. The molecule has 0 bridgehead atoms. The van der Waals surface area contributed by atoms with Gasteiger partial charge in [-0.25, -0.2) is 4.79 Å². The van der Waals surface area contributed by atoms with E-state index in [1.165, 1.54) is 6.07 Å². The van der Waals surface area contributed by atoms with Gasteiger partial charge in [-0.05, 0) is 13.0 Å². The fourth-order valence-corrected chi connectivity index (χ4v) is 1.65. The Labute approximate surface area is 97.0 Å². The molecule has 0 spiro atoms. The Hall–Kier alpha value is -2.30. The summed E-state index contributed by atoms with van der Waals surface area (Å²) in [5.41, 5.74) is 0.629. The summed E-state index contributed by atoms with van der Waals surface area (Å²) in [6, 6.07) is 6.28. The van der Waals surface area contributed by atoms with E-state index in [-0.39, 0.29) is 17.9 Å². The number of aromatic carboxylic acids is 1. The van der Waals surface area contributed by atoms with Gasteiger partial charge in [0.05, 0.1) is 18.1 Å². The number of hydrogen-bond acceptors (Lipinski definition) is 4. The van der Waals surface area contributed by atoms with E-state index in [9.17, 15) is 14.7 Å². The highest BCUT2D eigenvalue weighted by Gasteiger charge is 2.12. The molecule has 0 aliphatic heterocycles. The van der Waals surface area contributed by atoms with Gasteiger partial charge in [0.2, 0.25) is 0 Å². The number of carboxylic acids is 1. The van der Waals surface area contributed by atoms with Crippen LogP contribution < -0.4 is 5.11 Å². The Kier molecular flexibility index (Phi) is 2.82. The fraction of sp³-hybridized carbons (Fsp3) is 0.167. The number of nitrogens with one attached hydrogen (secondary N) is 1. The van der Waals surface area contributed by atoms with Gasteiger partial charge < -0.3 is 19.6 Å². The molecule has 0 aliphatic rings. The van der Waals surface area contributed by atoms with Crippen LogP contribution in [0, 0.1) is 0 Å². The minimum absolute atomic E-state index is 0.0260. The van der Waals surface area contributed by atoms with Crippen LogP contribution in [0.3, 0.4) is 0 Å². The first-order valence-electron chi connectivity index (χ1n) is 5.13. The third-order valence-electron chi connectivity index (χ3n) is 2.37. The molecule has 0 saturated carbocycles. The predicted octanol–water partition coefficient (Wildman–Crippen LogP) is 0.708. The van der Waals surface area contributed by atoms with E-state index in [4.69, 9.17) is 4.74 Å². The molecule has 5 nitrogen and oxygen atoms in total. The van der Waals surface area contributed by atoms with Gasteiger partial charge in [0.25, 0.3) is 0 Å². The maximum atomic E-state index is 11.5. The lowest BCUT2D eigenvalue weighted by Gasteiger charge is -2.03. The molecule has 0 fully saturated rings. The fourth-order valence-electron chi connectivity index (χ4n) is 1.65. The Morgan fingerprint density at radius 2 is 2.18 bits per heavy atom. The molecule has 0 radical (unpaired) electrons. The molecule has 0 amide bonds. The normalized spacial score (nSPS) is 10.4. The standard InChI is InChI=1S/C12H11NO4/c1-2-17-12(16)9-6-7-4-3-5-8(11(14)15)10(7)13-9/h3-6,13H,2H2,1H3,(H,14,15)/p-1. The number of carbonyl (C=O) groups is 2. The second-order valence-electron chi connectivity index (χ2n) is 3.46. The summed E-state index contributed by atoms with van der Waals surface area (Å²) >= 11 is 0. The summed E-state index contributed by atoms with van der Waals surface area (Å²) in [5, 5.41) is 11.5. The van der Waals surface area contributed by atoms with Crippen molar-refractivity contribution >= 4 is 22.8 Å². The average molecular weight is 232 g/mol. The molecule has 2 aromatic rings. The molecule has 1 heterocycles. The third kappa shape index (κ3) is 1.99. The number of fused-ring (bicyclic) bond motifs is 1. The summed E-state index contributed by atoms with van der Waals surface area (Å²) in [6.45, 7) is 1.97. The van der Waals surface area contributed by atoms with E-state index < -0.39 is 11.9 Å². The molecule has 17 heavy (non-hydrogen) atoms. The molecular formula is C12H10NO4-. The van der Waals surface area contributed by atoms with Crippen molar-refractivity contribution in [3.63, 3.8) is 0 Å². The Morgan fingerprint density at radius 3 is 2.82 bits per heavy atom. The zero-order chi connectivity index (χ0) is 12.4. The van der Waals surface area contributed by atoms with Crippen molar-refractivity contribution in [1.29, 1.82) is 0 Å². The van der Waals surface area contributed by atoms with Crippen molar-refractivity contribution in [2.24, 2.45) is 0 Å². The van der Waals surface area contributed by atoms with Crippen LogP contribution in [0.2, 0.25) is 0 Å². The highest BCUT2D eigenvalue weighted by molar-refractivity contribution is 6.04. The van der Waals surface area contributed by atoms with Crippen molar-refractivity contribution < 1.29 is 19.4 Å². The van der Waals surface area contributed by atoms with Crippen molar-refractivity contribution in [2.45, 2.75) is 6.92 Å². The number of ether oxygens (including phenoxy) is 1. The summed E-state index contributed by atoms with van der Waals surface area (Å²) in [6.07, 6.45) is 0. The number of aromatic nitrogens is 1. The first-order valence-corrected chi connectivity index (χ1v) is 5.13. The van der Waals surface area contributed by atoms with Gasteiger partial charge in [-0.3, -0.25) is 0 Å².